The molecule has 2 aliphatic rings. The van der Waals surface area contributed by atoms with E-state index >= 15 is 0 Å². The molecule has 0 aromatic rings. The highest BCUT2D eigenvalue weighted by molar-refractivity contribution is 7.90. The van der Waals surface area contributed by atoms with Crippen LogP contribution in [0.2, 0.25) is 0 Å². The Bertz CT molecular complexity index is 478. The minimum absolute atomic E-state index is 0.0133. The number of ether oxygens (including phenoxy) is 2. The molecule has 3 atom stereocenters. The smallest absolute Gasteiger partial charge is 0.410 e. The highest BCUT2D eigenvalue weighted by Gasteiger charge is 2.52. The number of hydrogen-bond acceptors (Lipinski definition) is 5. The molecular formula is C18H34N2O4S. The van der Waals surface area contributed by atoms with E-state index in [0.29, 0.717) is 19.7 Å². The van der Waals surface area contributed by atoms with Gasteiger partial charge in [-0.05, 0) is 61.3 Å². The molecule has 146 valence electrons. The van der Waals surface area contributed by atoms with Gasteiger partial charge in [0, 0.05) is 29.9 Å². The molecule has 2 saturated heterocycles. The molecule has 7 heteroatoms. The van der Waals surface area contributed by atoms with Crippen molar-refractivity contribution in [2.75, 3.05) is 19.7 Å². The minimum Gasteiger partial charge on any atom is -0.598 e. The summed E-state index contributed by atoms with van der Waals surface area (Å²) in [6, 6.07) is 0.0355. The SMILES string of the molecule is CC1OCC2(CCN(C(=O)OC(C)(C)C)CC2)[C@@H]1N[S@+]([O-])C(C)(C)C. The van der Waals surface area contributed by atoms with Gasteiger partial charge in [0.2, 0.25) is 0 Å². The number of piperidine rings is 1. The maximum Gasteiger partial charge on any atom is 0.410 e. The largest absolute Gasteiger partial charge is 0.598 e. The Morgan fingerprint density at radius 2 is 1.80 bits per heavy atom. The van der Waals surface area contributed by atoms with Crippen molar-refractivity contribution >= 4 is 17.5 Å². The van der Waals surface area contributed by atoms with E-state index in [1.807, 2.05) is 48.5 Å². The number of carbonyl (C=O) groups is 1. The van der Waals surface area contributed by atoms with E-state index in [-0.39, 0.29) is 28.4 Å². The summed E-state index contributed by atoms with van der Waals surface area (Å²) >= 11 is -1.14. The predicted octanol–water partition coefficient (Wildman–Crippen LogP) is 2.84. The van der Waals surface area contributed by atoms with Crippen LogP contribution in [0, 0.1) is 5.41 Å². The first-order valence-electron chi connectivity index (χ1n) is 9.12. The van der Waals surface area contributed by atoms with E-state index in [1.54, 1.807) is 4.90 Å². The van der Waals surface area contributed by atoms with Gasteiger partial charge in [-0.2, -0.15) is 0 Å². The number of likely N-dealkylation sites (tertiary alicyclic amines) is 1. The van der Waals surface area contributed by atoms with Gasteiger partial charge in [0.25, 0.3) is 0 Å². The highest BCUT2D eigenvalue weighted by Crippen LogP contribution is 2.43. The molecule has 0 bridgehead atoms. The monoisotopic (exact) mass is 374 g/mol. The van der Waals surface area contributed by atoms with Gasteiger partial charge in [-0.25, -0.2) is 4.79 Å². The zero-order chi connectivity index (χ0) is 19.0. The zero-order valence-corrected chi connectivity index (χ0v) is 17.5. The van der Waals surface area contributed by atoms with Gasteiger partial charge in [-0.1, -0.05) is 0 Å². The maximum atomic E-state index is 12.6. The molecule has 25 heavy (non-hydrogen) atoms. The molecule has 0 radical (unpaired) electrons. The Labute approximate surface area is 155 Å². The van der Waals surface area contributed by atoms with Crippen LogP contribution in [0.5, 0.6) is 0 Å². The number of nitrogens with zero attached hydrogens (tertiary/aromatic N) is 1. The van der Waals surface area contributed by atoms with E-state index in [9.17, 15) is 9.35 Å². The van der Waals surface area contributed by atoms with E-state index in [0.717, 1.165) is 12.8 Å². The van der Waals surface area contributed by atoms with Crippen LogP contribution in [0.25, 0.3) is 0 Å². The van der Waals surface area contributed by atoms with Crippen LogP contribution >= 0.6 is 0 Å². The van der Waals surface area contributed by atoms with Gasteiger partial charge in [0.15, 0.2) is 0 Å². The average molecular weight is 375 g/mol. The highest BCUT2D eigenvalue weighted by atomic mass is 32.2. The number of rotatable bonds is 2. The molecule has 0 aliphatic carbocycles. The van der Waals surface area contributed by atoms with Gasteiger partial charge < -0.3 is 18.9 Å². The van der Waals surface area contributed by atoms with Gasteiger partial charge in [0.05, 0.1) is 18.8 Å². The number of nitrogens with one attached hydrogen (secondary N) is 1. The van der Waals surface area contributed by atoms with Crippen molar-refractivity contribution < 1.29 is 18.8 Å². The number of hydrogen-bond donors (Lipinski definition) is 1. The summed E-state index contributed by atoms with van der Waals surface area (Å²) < 4.78 is 27.0. The quantitative estimate of drug-likeness (QED) is 0.753. The molecule has 2 fully saturated rings. The third-order valence-electron chi connectivity index (χ3n) is 4.96. The average Bonchev–Trinajstić information content (AvgIpc) is 2.75. The molecule has 0 aromatic heterocycles. The molecule has 0 aromatic carbocycles. The molecule has 2 rings (SSSR count). The van der Waals surface area contributed by atoms with Crippen LogP contribution in [0.1, 0.15) is 61.3 Å². The molecule has 1 unspecified atom stereocenters. The zero-order valence-electron chi connectivity index (χ0n) is 16.7. The standard InChI is InChI=1S/C18H34N2O4S/c1-13-14(19-25(22)17(5,6)7)18(12-23-13)8-10-20(11-9-18)15(21)24-16(2,3)4/h13-14,19H,8-12H2,1-7H3/t13?,14-,25-/m1/s1. The predicted molar refractivity (Wildman–Crippen MR) is 99.7 cm³/mol. The van der Waals surface area contributed by atoms with E-state index < -0.39 is 17.0 Å². The van der Waals surface area contributed by atoms with Gasteiger partial charge in [-0.3, -0.25) is 0 Å². The summed E-state index contributed by atoms with van der Waals surface area (Å²) in [5, 5.41) is 0. The van der Waals surface area contributed by atoms with Crippen LogP contribution in [-0.2, 0) is 20.8 Å². The Hall–Kier alpha value is -0.500. The minimum atomic E-state index is -1.14. The molecule has 1 spiro atoms. The lowest BCUT2D eigenvalue weighted by molar-refractivity contribution is 0.00644. The topological polar surface area (TPSA) is 73.9 Å². The fraction of sp³-hybridized carbons (Fsp3) is 0.944. The first-order chi connectivity index (χ1) is 11.3. The van der Waals surface area contributed by atoms with Crippen LogP contribution in [0.15, 0.2) is 0 Å². The van der Waals surface area contributed by atoms with E-state index in [2.05, 4.69) is 4.72 Å². The Balaban J connectivity index is 2.01. The van der Waals surface area contributed by atoms with Crippen molar-refractivity contribution in [3.05, 3.63) is 0 Å². The van der Waals surface area contributed by atoms with Gasteiger partial charge in [0.1, 0.15) is 10.3 Å². The summed E-state index contributed by atoms with van der Waals surface area (Å²) in [6.07, 6.45) is 1.42. The molecule has 0 saturated carbocycles. The molecule has 2 heterocycles. The summed E-state index contributed by atoms with van der Waals surface area (Å²) in [5.74, 6) is 0. The normalized spacial score (nSPS) is 28.2. The molecule has 1 amide bonds. The fourth-order valence-electron chi connectivity index (χ4n) is 3.41. The lowest BCUT2D eigenvalue weighted by atomic mass is 9.73. The molecule has 2 aliphatic heterocycles. The molecular weight excluding hydrogens is 340 g/mol. The second-order valence-electron chi connectivity index (χ2n) is 9.32. The first-order valence-corrected chi connectivity index (χ1v) is 10.3. The van der Waals surface area contributed by atoms with Crippen LogP contribution in [0.4, 0.5) is 4.79 Å². The lowest BCUT2D eigenvalue weighted by Crippen LogP contribution is -2.57. The Kier molecular flexibility index (Phi) is 6.04. The molecule has 1 N–H and O–H groups in total. The number of amides is 1. The van der Waals surface area contributed by atoms with E-state index in [1.165, 1.54) is 0 Å². The van der Waals surface area contributed by atoms with Crippen LogP contribution < -0.4 is 4.72 Å². The van der Waals surface area contributed by atoms with Gasteiger partial charge >= 0.3 is 6.09 Å². The maximum absolute atomic E-state index is 12.6. The van der Waals surface area contributed by atoms with Crippen LogP contribution in [0.3, 0.4) is 0 Å². The third-order valence-corrected chi connectivity index (χ3v) is 6.54. The van der Waals surface area contributed by atoms with Crippen molar-refractivity contribution in [3.8, 4) is 0 Å². The van der Waals surface area contributed by atoms with Gasteiger partial charge in [-0.15, -0.1) is 4.72 Å². The van der Waals surface area contributed by atoms with Crippen molar-refractivity contribution in [1.82, 2.24) is 9.62 Å². The summed E-state index contributed by atoms with van der Waals surface area (Å²) in [4.78, 5) is 14.1. The Morgan fingerprint density at radius 1 is 1.24 bits per heavy atom. The van der Waals surface area contributed by atoms with Crippen molar-refractivity contribution in [1.29, 1.82) is 0 Å². The fourth-order valence-corrected chi connectivity index (χ4v) is 4.44. The molecule has 6 nitrogen and oxygen atoms in total. The van der Waals surface area contributed by atoms with Crippen LogP contribution in [-0.4, -0.2) is 57.7 Å². The van der Waals surface area contributed by atoms with Crippen molar-refractivity contribution in [3.63, 3.8) is 0 Å². The second kappa shape index (κ2) is 7.25. The summed E-state index contributed by atoms with van der Waals surface area (Å²) in [6.45, 7) is 15.5. The van der Waals surface area contributed by atoms with Crippen molar-refractivity contribution in [2.45, 2.75) is 83.8 Å². The second-order valence-corrected chi connectivity index (χ2v) is 11.3. The summed E-state index contributed by atoms with van der Waals surface area (Å²) in [5.41, 5.74) is -0.552. The first kappa shape index (κ1) is 20.8. The third kappa shape index (κ3) is 5.02. The van der Waals surface area contributed by atoms with Crippen molar-refractivity contribution in [2.24, 2.45) is 5.41 Å². The lowest BCUT2D eigenvalue weighted by Gasteiger charge is -2.43. The Morgan fingerprint density at radius 3 is 2.28 bits per heavy atom. The van der Waals surface area contributed by atoms with E-state index in [4.69, 9.17) is 9.47 Å². The number of carbonyl (C=O) groups excluding carboxylic acids is 1. The summed E-state index contributed by atoms with van der Waals surface area (Å²) in [7, 11) is 0.